The molecule has 1 atom stereocenters. The van der Waals surface area contributed by atoms with Crippen molar-refractivity contribution >= 4 is 29.4 Å². The highest BCUT2D eigenvalue weighted by Crippen LogP contribution is 2.30. The van der Waals surface area contributed by atoms with E-state index in [9.17, 15) is 14.4 Å². The molecule has 174 valence electrons. The number of fused-ring (bicyclic) bond motifs is 1. The Hall–Kier alpha value is -3.78. The van der Waals surface area contributed by atoms with Crippen LogP contribution in [0.3, 0.4) is 0 Å². The monoisotopic (exact) mass is 476 g/mol. The van der Waals surface area contributed by atoms with Crippen molar-refractivity contribution in [3.63, 3.8) is 0 Å². The zero-order valence-corrected chi connectivity index (χ0v) is 20.1. The van der Waals surface area contributed by atoms with Crippen LogP contribution in [0.2, 0.25) is 0 Å². The average molecular weight is 477 g/mol. The lowest BCUT2D eigenvalue weighted by molar-refractivity contribution is -0.139. The van der Waals surface area contributed by atoms with Gasteiger partial charge in [0.05, 0.1) is 28.5 Å². The smallest absolute Gasteiger partial charge is 0.338 e. The highest BCUT2D eigenvalue weighted by Gasteiger charge is 2.33. The molecule has 2 heterocycles. The second kappa shape index (κ2) is 9.61. The van der Waals surface area contributed by atoms with Gasteiger partial charge in [-0.15, -0.1) is 0 Å². The number of allylic oxidation sites excluding steroid dienone is 1. The first kappa shape index (κ1) is 23.4. The number of thiazole rings is 1. The van der Waals surface area contributed by atoms with Crippen LogP contribution < -0.4 is 19.6 Å². The lowest BCUT2D eigenvalue weighted by Gasteiger charge is -2.24. The van der Waals surface area contributed by atoms with Crippen LogP contribution in [0.15, 0.2) is 69.6 Å². The van der Waals surface area contributed by atoms with E-state index in [1.807, 2.05) is 31.2 Å². The van der Waals surface area contributed by atoms with Gasteiger partial charge in [-0.05, 0) is 50.1 Å². The Bertz CT molecular complexity index is 1460. The minimum absolute atomic E-state index is 0.226. The van der Waals surface area contributed by atoms with E-state index in [1.54, 1.807) is 48.8 Å². The summed E-state index contributed by atoms with van der Waals surface area (Å²) in [6, 6.07) is 14.0. The van der Waals surface area contributed by atoms with Gasteiger partial charge in [-0.1, -0.05) is 53.3 Å². The number of ether oxygens (including phenoxy) is 2. The Morgan fingerprint density at radius 1 is 1.09 bits per heavy atom. The Morgan fingerprint density at radius 2 is 1.76 bits per heavy atom. The number of benzene rings is 2. The van der Waals surface area contributed by atoms with Gasteiger partial charge in [-0.3, -0.25) is 14.2 Å². The van der Waals surface area contributed by atoms with Crippen molar-refractivity contribution in [3.05, 3.63) is 96.2 Å². The lowest BCUT2D eigenvalue weighted by Crippen LogP contribution is -2.39. The van der Waals surface area contributed by atoms with Gasteiger partial charge in [0.1, 0.15) is 5.75 Å². The zero-order chi connectivity index (χ0) is 24.4. The molecule has 1 aliphatic rings. The normalized spacial score (nSPS) is 15.5. The first-order valence-corrected chi connectivity index (χ1v) is 11.6. The van der Waals surface area contributed by atoms with E-state index in [2.05, 4.69) is 4.99 Å². The second-order valence-electron chi connectivity index (χ2n) is 7.88. The minimum Gasteiger partial charge on any atom is -0.463 e. The molecule has 7 nitrogen and oxygen atoms in total. The van der Waals surface area contributed by atoms with Crippen LogP contribution in [-0.4, -0.2) is 23.1 Å². The van der Waals surface area contributed by atoms with E-state index < -0.39 is 18.0 Å². The fourth-order valence-corrected chi connectivity index (χ4v) is 4.85. The van der Waals surface area contributed by atoms with Gasteiger partial charge in [0.25, 0.3) is 5.56 Å². The Balaban J connectivity index is 1.86. The molecule has 2 aromatic carbocycles. The Morgan fingerprint density at radius 3 is 2.38 bits per heavy atom. The molecule has 0 unspecified atom stereocenters. The van der Waals surface area contributed by atoms with Crippen LogP contribution in [0, 0.1) is 6.92 Å². The molecule has 0 radical (unpaired) electrons. The van der Waals surface area contributed by atoms with Crippen LogP contribution in [0.4, 0.5) is 0 Å². The van der Waals surface area contributed by atoms with Crippen LogP contribution in [-0.2, 0) is 14.3 Å². The summed E-state index contributed by atoms with van der Waals surface area (Å²) in [6.07, 6.45) is 1.76. The maximum Gasteiger partial charge on any atom is 0.338 e. The van der Waals surface area contributed by atoms with Crippen molar-refractivity contribution < 1.29 is 19.1 Å². The summed E-state index contributed by atoms with van der Waals surface area (Å²) in [7, 11) is 0. The number of nitrogens with zero attached hydrogens (tertiary/aromatic N) is 2. The van der Waals surface area contributed by atoms with Crippen molar-refractivity contribution in [2.45, 2.75) is 33.7 Å². The minimum atomic E-state index is -0.635. The predicted molar refractivity (Wildman–Crippen MR) is 129 cm³/mol. The summed E-state index contributed by atoms with van der Waals surface area (Å²) in [5, 5.41) is 0. The summed E-state index contributed by atoms with van der Waals surface area (Å²) in [5.41, 5.74) is 3.30. The summed E-state index contributed by atoms with van der Waals surface area (Å²) in [6.45, 7) is 7.06. The lowest BCUT2D eigenvalue weighted by atomic mass is 9.95. The maximum atomic E-state index is 13.6. The van der Waals surface area contributed by atoms with E-state index >= 15 is 0 Å². The van der Waals surface area contributed by atoms with Crippen LogP contribution >= 0.6 is 11.3 Å². The van der Waals surface area contributed by atoms with E-state index in [0.717, 1.165) is 16.7 Å². The van der Waals surface area contributed by atoms with Crippen LogP contribution in [0.5, 0.6) is 5.75 Å². The van der Waals surface area contributed by atoms with Crippen LogP contribution in [0.25, 0.3) is 6.08 Å². The number of aromatic nitrogens is 1. The summed E-state index contributed by atoms with van der Waals surface area (Å²) in [5.74, 6) is -0.449. The number of rotatable bonds is 5. The zero-order valence-electron chi connectivity index (χ0n) is 19.3. The fourth-order valence-electron chi connectivity index (χ4n) is 3.81. The fraction of sp³-hybridized carbons (Fsp3) is 0.231. The molecule has 0 aliphatic carbocycles. The molecule has 0 bridgehead atoms. The topological polar surface area (TPSA) is 87.0 Å². The number of hydrogen-bond donors (Lipinski definition) is 0. The van der Waals surface area contributed by atoms with Gasteiger partial charge in [0, 0.05) is 6.92 Å². The van der Waals surface area contributed by atoms with E-state index in [1.165, 1.54) is 18.3 Å². The molecule has 0 spiro atoms. The molecule has 1 aliphatic heterocycles. The highest BCUT2D eigenvalue weighted by atomic mass is 32.1. The van der Waals surface area contributed by atoms with E-state index in [0.29, 0.717) is 26.4 Å². The van der Waals surface area contributed by atoms with Crippen molar-refractivity contribution in [1.82, 2.24) is 4.57 Å². The van der Waals surface area contributed by atoms with Crippen molar-refractivity contribution in [2.24, 2.45) is 4.99 Å². The largest absolute Gasteiger partial charge is 0.463 e. The standard InChI is InChI=1S/C26H24N2O5S/c1-5-32-25(31)22-16(3)27-26-28(23(22)19-10-6-15(2)7-11-19)24(30)21(34-26)14-18-8-12-20(13-9-18)33-17(4)29/h6-14,23H,5H2,1-4H3/b21-14-/t23-/m0/s1. The first-order valence-electron chi connectivity index (χ1n) is 10.8. The quantitative estimate of drug-likeness (QED) is 0.417. The van der Waals surface area contributed by atoms with Gasteiger partial charge in [-0.25, -0.2) is 9.79 Å². The maximum absolute atomic E-state index is 13.6. The molecule has 0 amide bonds. The van der Waals surface area contributed by atoms with Gasteiger partial charge in [-0.2, -0.15) is 0 Å². The van der Waals surface area contributed by atoms with Crippen molar-refractivity contribution in [2.75, 3.05) is 6.61 Å². The molecule has 0 N–H and O–H groups in total. The molecule has 8 heteroatoms. The summed E-state index contributed by atoms with van der Waals surface area (Å²) < 4.78 is 12.4. The van der Waals surface area contributed by atoms with Crippen molar-refractivity contribution in [3.8, 4) is 5.75 Å². The predicted octanol–water partition coefficient (Wildman–Crippen LogP) is 3.03. The van der Waals surface area contributed by atoms with E-state index in [-0.39, 0.29) is 12.2 Å². The number of carbonyl (C=O) groups excluding carboxylic acids is 2. The van der Waals surface area contributed by atoms with Crippen molar-refractivity contribution in [1.29, 1.82) is 0 Å². The van der Waals surface area contributed by atoms with Gasteiger partial charge in [0.2, 0.25) is 0 Å². The van der Waals surface area contributed by atoms with Crippen LogP contribution in [0.1, 0.15) is 43.5 Å². The van der Waals surface area contributed by atoms with Gasteiger partial charge >= 0.3 is 11.9 Å². The molecule has 34 heavy (non-hydrogen) atoms. The Labute approximate surface area is 200 Å². The van der Waals surface area contributed by atoms with E-state index in [4.69, 9.17) is 9.47 Å². The third kappa shape index (κ3) is 4.63. The average Bonchev–Trinajstić information content (AvgIpc) is 3.09. The molecule has 1 aromatic heterocycles. The summed E-state index contributed by atoms with van der Waals surface area (Å²) in [4.78, 5) is 42.7. The molecule has 0 fully saturated rings. The number of hydrogen-bond acceptors (Lipinski definition) is 7. The first-order chi connectivity index (χ1) is 16.3. The number of carbonyl (C=O) groups is 2. The third-order valence-corrected chi connectivity index (χ3v) is 6.33. The highest BCUT2D eigenvalue weighted by molar-refractivity contribution is 7.07. The number of aryl methyl sites for hydroxylation is 1. The third-order valence-electron chi connectivity index (χ3n) is 5.35. The molecular weight excluding hydrogens is 452 g/mol. The SMILES string of the molecule is CCOC(=O)C1=C(C)N=c2s/c(=C\c3ccc(OC(C)=O)cc3)c(=O)n2[C@H]1c1ccc(C)cc1. The molecule has 0 saturated heterocycles. The molecule has 0 saturated carbocycles. The second-order valence-corrected chi connectivity index (χ2v) is 8.88. The molecule has 4 rings (SSSR count). The summed E-state index contributed by atoms with van der Waals surface area (Å²) >= 11 is 1.26. The Kier molecular flexibility index (Phi) is 6.61. The molecular formula is C26H24N2O5S. The molecule has 3 aromatic rings. The van der Waals surface area contributed by atoms with Gasteiger partial charge in [0.15, 0.2) is 4.80 Å². The number of esters is 2. The van der Waals surface area contributed by atoms with Gasteiger partial charge < -0.3 is 9.47 Å².